The number of benzene rings is 1. The standard InChI is InChI=1S/C23H24N6O5/c1-15(2)10-27-14-24-20-19(27)22(32)29(23(33)28(20)11-16-6-4-3-5-7-16)12-18(30)25-26-21(31)17-8-9-34-13-17/h3-9,13-15H,10-12H2,1-2H3,(H,25,30)(H,26,31). The van der Waals surface area contributed by atoms with Crippen LogP contribution in [0.2, 0.25) is 0 Å². The van der Waals surface area contributed by atoms with E-state index in [1.54, 1.807) is 4.57 Å². The molecule has 176 valence electrons. The van der Waals surface area contributed by atoms with E-state index in [0.717, 1.165) is 10.1 Å². The van der Waals surface area contributed by atoms with E-state index in [4.69, 9.17) is 4.42 Å². The van der Waals surface area contributed by atoms with Gasteiger partial charge in [0.2, 0.25) is 0 Å². The molecule has 2 amide bonds. The summed E-state index contributed by atoms with van der Waals surface area (Å²) >= 11 is 0. The normalized spacial score (nSPS) is 11.1. The molecule has 2 N–H and O–H groups in total. The van der Waals surface area contributed by atoms with Gasteiger partial charge in [0, 0.05) is 6.54 Å². The van der Waals surface area contributed by atoms with Crippen molar-refractivity contribution in [2.45, 2.75) is 33.5 Å². The van der Waals surface area contributed by atoms with Gasteiger partial charge in [0.25, 0.3) is 17.4 Å². The number of furan rings is 1. The molecular formula is C23H24N6O5. The van der Waals surface area contributed by atoms with Crippen LogP contribution in [0.3, 0.4) is 0 Å². The van der Waals surface area contributed by atoms with E-state index in [2.05, 4.69) is 15.8 Å². The predicted molar refractivity (Wildman–Crippen MR) is 123 cm³/mol. The van der Waals surface area contributed by atoms with E-state index in [9.17, 15) is 19.2 Å². The highest BCUT2D eigenvalue weighted by Crippen LogP contribution is 2.11. The van der Waals surface area contributed by atoms with E-state index in [-0.39, 0.29) is 29.2 Å². The fourth-order valence-corrected chi connectivity index (χ4v) is 3.59. The van der Waals surface area contributed by atoms with Crippen molar-refractivity contribution in [2.24, 2.45) is 5.92 Å². The highest BCUT2D eigenvalue weighted by atomic mass is 16.3. The molecule has 0 spiro atoms. The number of amides is 2. The van der Waals surface area contributed by atoms with Crippen molar-refractivity contribution in [3.8, 4) is 0 Å². The molecule has 34 heavy (non-hydrogen) atoms. The molecule has 4 rings (SSSR count). The Balaban J connectivity index is 1.70. The van der Waals surface area contributed by atoms with Crippen molar-refractivity contribution < 1.29 is 14.0 Å². The lowest BCUT2D eigenvalue weighted by Gasteiger charge is -2.13. The van der Waals surface area contributed by atoms with Crippen molar-refractivity contribution in [2.75, 3.05) is 0 Å². The molecule has 3 heterocycles. The fourth-order valence-electron chi connectivity index (χ4n) is 3.59. The maximum Gasteiger partial charge on any atom is 0.333 e. The zero-order chi connectivity index (χ0) is 24.2. The second kappa shape index (κ2) is 9.61. The molecular weight excluding hydrogens is 440 g/mol. The molecule has 0 fully saturated rings. The van der Waals surface area contributed by atoms with Crippen molar-refractivity contribution in [1.29, 1.82) is 0 Å². The van der Waals surface area contributed by atoms with Gasteiger partial charge in [0.05, 0.1) is 24.7 Å². The Morgan fingerprint density at radius 3 is 2.50 bits per heavy atom. The number of carbonyl (C=O) groups is 2. The number of nitrogens with zero attached hydrogens (tertiary/aromatic N) is 4. The first-order valence-corrected chi connectivity index (χ1v) is 10.7. The summed E-state index contributed by atoms with van der Waals surface area (Å²) in [7, 11) is 0. The van der Waals surface area contributed by atoms with Crippen molar-refractivity contribution in [3.63, 3.8) is 0 Å². The highest BCUT2D eigenvalue weighted by molar-refractivity contribution is 5.94. The Morgan fingerprint density at radius 1 is 1.06 bits per heavy atom. The van der Waals surface area contributed by atoms with Gasteiger partial charge in [-0.3, -0.25) is 29.8 Å². The Labute approximate surface area is 193 Å². The minimum absolute atomic E-state index is 0.175. The van der Waals surface area contributed by atoms with Crippen LogP contribution >= 0.6 is 0 Å². The van der Waals surface area contributed by atoms with E-state index in [1.807, 2.05) is 44.2 Å². The predicted octanol–water partition coefficient (Wildman–Crippen LogP) is 1.12. The largest absolute Gasteiger partial charge is 0.472 e. The topological polar surface area (TPSA) is 133 Å². The molecule has 0 aliphatic carbocycles. The molecule has 0 aliphatic heterocycles. The van der Waals surface area contributed by atoms with Crippen LogP contribution in [0.25, 0.3) is 11.2 Å². The molecule has 11 nitrogen and oxygen atoms in total. The molecule has 4 aromatic rings. The number of fused-ring (bicyclic) bond motifs is 1. The molecule has 0 aliphatic rings. The van der Waals surface area contributed by atoms with Crippen LogP contribution in [0.4, 0.5) is 0 Å². The summed E-state index contributed by atoms with van der Waals surface area (Å²) < 4.78 is 8.75. The summed E-state index contributed by atoms with van der Waals surface area (Å²) in [5.74, 6) is -1.11. The fraction of sp³-hybridized carbons (Fsp3) is 0.261. The monoisotopic (exact) mass is 464 g/mol. The average Bonchev–Trinajstić information content (AvgIpc) is 3.49. The third-order valence-corrected chi connectivity index (χ3v) is 5.13. The van der Waals surface area contributed by atoms with Gasteiger partial charge in [-0.05, 0) is 17.5 Å². The summed E-state index contributed by atoms with van der Waals surface area (Å²) in [5, 5.41) is 0. The Kier molecular flexibility index (Phi) is 6.44. The third kappa shape index (κ3) is 4.68. The first kappa shape index (κ1) is 22.8. The maximum atomic E-state index is 13.3. The zero-order valence-electron chi connectivity index (χ0n) is 18.7. The van der Waals surface area contributed by atoms with Gasteiger partial charge in [-0.25, -0.2) is 14.3 Å². The number of rotatable bonds is 7. The Morgan fingerprint density at radius 2 is 1.82 bits per heavy atom. The minimum Gasteiger partial charge on any atom is -0.472 e. The lowest BCUT2D eigenvalue weighted by molar-refractivity contribution is -0.122. The second-order valence-electron chi connectivity index (χ2n) is 8.22. The van der Waals surface area contributed by atoms with E-state index >= 15 is 0 Å². The summed E-state index contributed by atoms with van der Waals surface area (Å²) in [5.41, 5.74) is 4.69. The first-order valence-electron chi connectivity index (χ1n) is 10.7. The molecule has 11 heteroatoms. The van der Waals surface area contributed by atoms with Crippen LogP contribution in [-0.4, -0.2) is 30.5 Å². The van der Waals surface area contributed by atoms with E-state index in [0.29, 0.717) is 6.54 Å². The number of imidazole rings is 1. The second-order valence-corrected chi connectivity index (χ2v) is 8.22. The van der Waals surface area contributed by atoms with Gasteiger partial charge in [0.15, 0.2) is 11.2 Å². The van der Waals surface area contributed by atoms with Crippen molar-refractivity contribution >= 4 is 23.0 Å². The van der Waals surface area contributed by atoms with Gasteiger partial charge in [-0.15, -0.1) is 0 Å². The number of nitrogens with one attached hydrogen (secondary N) is 2. The lowest BCUT2D eigenvalue weighted by Crippen LogP contribution is -2.48. The average molecular weight is 464 g/mol. The quantitative estimate of drug-likeness (QED) is 0.394. The van der Waals surface area contributed by atoms with Crippen LogP contribution in [0.5, 0.6) is 0 Å². The first-order chi connectivity index (χ1) is 16.3. The molecule has 0 saturated heterocycles. The van der Waals surface area contributed by atoms with Gasteiger partial charge < -0.3 is 8.98 Å². The van der Waals surface area contributed by atoms with Crippen LogP contribution in [-0.2, 0) is 24.4 Å². The molecule has 0 bridgehead atoms. The molecule has 0 atom stereocenters. The van der Waals surface area contributed by atoms with Gasteiger partial charge >= 0.3 is 5.69 Å². The van der Waals surface area contributed by atoms with Crippen molar-refractivity contribution in [1.82, 2.24) is 29.5 Å². The van der Waals surface area contributed by atoms with Crippen molar-refractivity contribution in [3.05, 3.63) is 87.2 Å². The Hall–Kier alpha value is -4.41. The molecule has 1 aromatic carbocycles. The van der Waals surface area contributed by atoms with Crippen LogP contribution in [0.15, 0.2) is 69.3 Å². The van der Waals surface area contributed by atoms with Crippen LogP contribution in [0.1, 0.15) is 29.8 Å². The van der Waals surface area contributed by atoms with Crippen LogP contribution < -0.4 is 22.1 Å². The molecule has 0 saturated carbocycles. The summed E-state index contributed by atoms with van der Waals surface area (Å²) in [6.07, 6.45) is 4.07. The number of hydrogen-bond acceptors (Lipinski definition) is 6. The summed E-state index contributed by atoms with van der Waals surface area (Å²) in [4.78, 5) is 55.5. The smallest absolute Gasteiger partial charge is 0.333 e. The van der Waals surface area contributed by atoms with Gasteiger partial charge in [-0.1, -0.05) is 44.2 Å². The zero-order valence-corrected chi connectivity index (χ0v) is 18.7. The number of carbonyl (C=O) groups excluding carboxylic acids is 2. The van der Waals surface area contributed by atoms with Gasteiger partial charge in [-0.2, -0.15) is 0 Å². The number of hydrogen-bond donors (Lipinski definition) is 2. The summed E-state index contributed by atoms with van der Waals surface area (Å²) in [6.45, 7) is 4.11. The van der Waals surface area contributed by atoms with Crippen LogP contribution in [0, 0.1) is 5.92 Å². The number of aromatic nitrogens is 4. The van der Waals surface area contributed by atoms with E-state index < -0.39 is 29.6 Å². The minimum atomic E-state index is -0.739. The molecule has 0 radical (unpaired) electrons. The SMILES string of the molecule is CC(C)Cn1cnc2c1c(=O)n(CC(=O)NNC(=O)c1ccoc1)c(=O)n2Cc1ccccc1. The maximum absolute atomic E-state index is 13.3. The number of hydrazine groups is 1. The third-order valence-electron chi connectivity index (χ3n) is 5.13. The summed E-state index contributed by atoms with van der Waals surface area (Å²) in [6, 6.07) is 10.7. The van der Waals surface area contributed by atoms with Gasteiger partial charge in [0.1, 0.15) is 12.8 Å². The Bertz CT molecular complexity index is 1430. The molecule has 0 unspecified atom stereocenters. The molecule has 3 aromatic heterocycles. The van der Waals surface area contributed by atoms with E-state index in [1.165, 1.54) is 29.5 Å². The highest BCUT2D eigenvalue weighted by Gasteiger charge is 2.20. The lowest BCUT2D eigenvalue weighted by atomic mass is 10.2.